The molecule has 0 heterocycles. The Morgan fingerprint density at radius 2 is 1.76 bits per heavy atom. The maximum absolute atomic E-state index is 12.4. The van der Waals surface area contributed by atoms with Crippen LogP contribution >= 0.6 is 0 Å². The molecule has 0 spiro atoms. The summed E-state index contributed by atoms with van der Waals surface area (Å²) in [7, 11) is -3.50. The number of sulfonamides is 1. The number of likely N-dealkylation sites (N-methyl/N-ethyl adjacent to an activating group) is 1. The Balaban J connectivity index is 2.76. The molecule has 0 saturated carbocycles. The molecule has 0 aromatic heterocycles. The first-order chi connectivity index (χ1) is 9.64. The first-order valence-electron chi connectivity index (χ1n) is 6.97. The van der Waals surface area contributed by atoms with Gasteiger partial charge in [-0.25, -0.2) is 8.42 Å². The Hall–Kier alpha value is -1.40. The van der Waals surface area contributed by atoms with Gasteiger partial charge in [-0.2, -0.15) is 4.31 Å². The fraction of sp³-hybridized carbons (Fsp3) is 0.533. The van der Waals surface area contributed by atoms with Crippen molar-refractivity contribution in [3.05, 3.63) is 35.9 Å². The first kappa shape index (κ1) is 17.7. The lowest BCUT2D eigenvalue weighted by Crippen LogP contribution is -2.47. The molecule has 0 saturated heterocycles. The molecule has 6 heteroatoms. The SMILES string of the molecule is CCN(CC(=O)NC(C)(C)C)S(=O)(=O)Cc1ccccc1. The molecule has 118 valence electrons. The van der Waals surface area contributed by atoms with Crippen LogP contribution in [0.3, 0.4) is 0 Å². The van der Waals surface area contributed by atoms with Gasteiger partial charge in [0.25, 0.3) is 0 Å². The molecule has 1 amide bonds. The molecule has 0 fully saturated rings. The Labute approximate surface area is 127 Å². The second kappa shape index (κ2) is 7.04. The maximum Gasteiger partial charge on any atom is 0.235 e. The zero-order valence-electron chi connectivity index (χ0n) is 13.1. The van der Waals surface area contributed by atoms with Gasteiger partial charge in [-0.05, 0) is 26.3 Å². The van der Waals surface area contributed by atoms with E-state index in [1.54, 1.807) is 31.2 Å². The third-order valence-corrected chi connectivity index (χ3v) is 4.64. The van der Waals surface area contributed by atoms with Gasteiger partial charge in [-0.15, -0.1) is 0 Å². The summed E-state index contributed by atoms with van der Waals surface area (Å²) >= 11 is 0. The predicted octanol–water partition coefficient (Wildman–Crippen LogP) is 1.75. The lowest BCUT2D eigenvalue weighted by Gasteiger charge is -2.24. The summed E-state index contributed by atoms with van der Waals surface area (Å²) in [5.41, 5.74) is 0.340. The van der Waals surface area contributed by atoms with Crippen LogP contribution in [-0.2, 0) is 20.6 Å². The van der Waals surface area contributed by atoms with Crippen molar-refractivity contribution in [2.24, 2.45) is 0 Å². The van der Waals surface area contributed by atoms with Crippen molar-refractivity contribution < 1.29 is 13.2 Å². The van der Waals surface area contributed by atoms with Gasteiger partial charge in [0.2, 0.25) is 15.9 Å². The minimum atomic E-state index is -3.50. The van der Waals surface area contributed by atoms with E-state index in [1.807, 2.05) is 26.8 Å². The van der Waals surface area contributed by atoms with E-state index < -0.39 is 10.0 Å². The van der Waals surface area contributed by atoms with Crippen molar-refractivity contribution in [3.63, 3.8) is 0 Å². The summed E-state index contributed by atoms with van der Waals surface area (Å²) in [4.78, 5) is 11.9. The summed E-state index contributed by atoms with van der Waals surface area (Å²) in [5, 5.41) is 2.77. The molecule has 21 heavy (non-hydrogen) atoms. The van der Waals surface area contributed by atoms with Crippen LogP contribution in [0, 0.1) is 0 Å². The van der Waals surface area contributed by atoms with Crippen LogP contribution in [0.25, 0.3) is 0 Å². The Bertz CT molecular complexity index is 562. The number of carbonyl (C=O) groups is 1. The summed E-state index contributed by atoms with van der Waals surface area (Å²) < 4.78 is 26.0. The Kier molecular flexibility index (Phi) is 5.92. The van der Waals surface area contributed by atoms with Gasteiger partial charge in [0.15, 0.2) is 0 Å². The summed E-state index contributed by atoms with van der Waals surface area (Å²) in [6, 6.07) is 8.96. The van der Waals surface area contributed by atoms with E-state index in [0.29, 0.717) is 5.56 Å². The zero-order valence-corrected chi connectivity index (χ0v) is 13.9. The normalized spacial score (nSPS) is 12.4. The molecule has 0 bridgehead atoms. The average molecular weight is 312 g/mol. The number of hydrogen-bond acceptors (Lipinski definition) is 3. The Morgan fingerprint density at radius 3 is 2.24 bits per heavy atom. The average Bonchev–Trinajstić information content (AvgIpc) is 2.34. The molecule has 0 aliphatic carbocycles. The van der Waals surface area contributed by atoms with Gasteiger partial charge < -0.3 is 5.32 Å². The smallest absolute Gasteiger partial charge is 0.235 e. The highest BCUT2D eigenvalue weighted by molar-refractivity contribution is 7.88. The highest BCUT2D eigenvalue weighted by atomic mass is 32.2. The number of nitrogens with zero attached hydrogens (tertiary/aromatic N) is 1. The molecule has 1 N–H and O–H groups in total. The van der Waals surface area contributed by atoms with Gasteiger partial charge in [0.05, 0.1) is 12.3 Å². The van der Waals surface area contributed by atoms with Crippen LogP contribution in [0.5, 0.6) is 0 Å². The topological polar surface area (TPSA) is 66.5 Å². The van der Waals surface area contributed by atoms with Crippen molar-refractivity contribution >= 4 is 15.9 Å². The van der Waals surface area contributed by atoms with E-state index in [2.05, 4.69) is 5.32 Å². The van der Waals surface area contributed by atoms with Crippen molar-refractivity contribution in [1.82, 2.24) is 9.62 Å². The second-order valence-electron chi connectivity index (χ2n) is 5.97. The molecule has 0 atom stereocenters. The molecule has 1 aromatic rings. The third-order valence-electron chi connectivity index (χ3n) is 2.77. The van der Waals surface area contributed by atoms with E-state index >= 15 is 0 Å². The highest BCUT2D eigenvalue weighted by Crippen LogP contribution is 2.10. The van der Waals surface area contributed by atoms with Crippen LogP contribution < -0.4 is 5.32 Å². The van der Waals surface area contributed by atoms with Crippen molar-refractivity contribution in [2.75, 3.05) is 13.1 Å². The van der Waals surface area contributed by atoms with Gasteiger partial charge in [0.1, 0.15) is 0 Å². The second-order valence-corrected chi connectivity index (χ2v) is 7.94. The van der Waals surface area contributed by atoms with Crippen LogP contribution in [0.1, 0.15) is 33.3 Å². The van der Waals surface area contributed by atoms with E-state index in [9.17, 15) is 13.2 Å². The number of nitrogens with one attached hydrogen (secondary N) is 1. The number of benzene rings is 1. The molecule has 0 unspecified atom stereocenters. The van der Waals surface area contributed by atoms with Crippen molar-refractivity contribution in [3.8, 4) is 0 Å². The van der Waals surface area contributed by atoms with Gasteiger partial charge in [-0.3, -0.25) is 4.79 Å². The highest BCUT2D eigenvalue weighted by Gasteiger charge is 2.25. The molecule has 0 aliphatic rings. The molecular weight excluding hydrogens is 288 g/mol. The molecular formula is C15H24N2O3S. The van der Waals surface area contributed by atoms with Crippen LogP contribution in [-0.4, -0.2) is 37.3 Å². The first-order valence-corrected chi connectivity index (χ1v) is 8.58. The molecule has 1 rings (SSSR count). The van der Waals surface area contributed by atoms with E-state index in [0.717, 1.165) is 0 Å². The predicted molar refractivity (Wildman–Crippen MR) is 84.2 cm³/mol. The summed E-state index contributed by atoms with van der Waals surface area (Å²) in [5.74, 6) is -0.384. The quantitative estimate of drug-likeness (QED) is 0.870. The van der Waals surface area contributed by atoms with E-state index in [1.165, 1.54) is 4.31 Å². The van der Waals surface area contributed by atoms with Gasteiger partial charge in [-0.1, -0.05) is 37.3 Å². The van der Waals surface area contributed by atoms with Crippen molar-refractivity contribution in [2.45, 2.75) is 39.0 Å². The van der Waals surface area contributed by atoms with E-state index in [-0.39, 0.29) is 30.3 Å². The fourth-order valence-electron chi connectivity index (χ4n) is 1.90. The van der Waals surface area contributed by atoms with Crippen molar-refractivity contribution in [1.29, 1.82) is 0 Å². The minimum absolute atomic E-state index is 0.0928. The van der Waals surface area contributed by atoms with Crippen LogP contribution in [0.15, 0.2) is 30.3 Å². The minimum Gasteiger partial charge on any atom is -0.350 e. The maximum atomic E-state index is 12.4. The van der Waals surface area contributed by atoms with Crippen LogP contribution in [0.4, 0.5) is 0 Å². The molecule has 5 nitrogen and oxygen atoms in total. The van der Waals surface area contributed by atoms with Gasteiger partial charge >= 0.3 is 0 Å². The third kappa shape index (κ3) is 6.27. The monoisotopic (exact) mass is 312 g/mol. The molecule has 0 aliphatic heterocycles. The largest absolute Gasteiger partial charge is 0.350 e. The fourth-order valence-corrected chi connectivity index (χ4v) is 3.40. The zero-order chi connectivity index (χ0) is 16.1. The van der Waals surface area contributed by atoms with Crippen LogP contribution in [0.2, 0.25) is 0 Å². The van der Waals surface area contributed by atoms with E-state index in [4.69, 9.17) is 0 Å². The number of rotatable bonds is 6. The number of carbonyl (C=O) groups excluding carboxylic acids is 1. The standard InChI is InChI=1S/C15H24N2O3S/c1-5-17(11-14(18)16-15(2,3)4)21(19,20)12-13-9-7-6-8-10-13/h6-10H,5,11-12H2,1-4H3,(H,16,18). The summed E-state index contributed by atoms with van der Waals surface area (Å²) in [6.07, 6.45) is 0. The summed E-state index contributed by atoms with van der Waals surface area (Å²) in [6.45, 7) is 7.43. The lowest BCUT2D eigenvalue weighted by atomic mass is 10.1. The Morgan fingerprint density at radius 1 is 1.19 bits per heavy atom. The molecule has 1 aromatic carbocycles. The number of amides is 1. The lowest BCUT2D eigenvalue weighted by molar-refractivity contribution is -0.122. The molecule has 0 radical (unpaired) electrons. The van der Waals surface area contributed by atoms with Gasteiger partial charge in [0, 0.05) is 12.1 Å². The number of hydrogen-bond donors (Lipinski definition) is 1.